The maximum atomic E-state index is 13.4. The van der Waals surface area contributed by atoms with Crippen molar-refractivity contribution in [2.24, 2.45) is 0 Å². The van der Waals surface area contributed by atoms with E-state index in [1.165, 1.54) is 36.0 Å². The minimum Gasteiger partial charge on any atom is -0.321 e. The molecule has 7 heteroatoms. The van der Waals surface area contributed by atoms with E-state index in [9.17, 15) is 18.8 Å². The molecule has 0 unspecified atom stereocenters. The van der Waals surface area contributed by atoms with Crippen molar-refractivity contribution < 1.29 is 18.8 Å². The van der Waals surface area contributed by atoms with Gasteiger partial charge in [0.1, 0.15) is 11.5 Å². The minimum absolute atomic E-state index is 0.0876. The van der Waals surface area contributed by atoms with E-state index in [2.05, 4.69) is 10.6 Å². The Morgan fingerprint density at radius 1 is 0.651 bits per heavy atom. The van der Waals surface area contributed by atoms with E-state index in [4.69, 9.17) is 0 Å². The first kappa shape index (κ1) is 29.2. The molecule has 0 heterocycles. The van der Waals surface area contributed by atoms with Crippen molar-refractivity contribution in [2.75, 3.05) is 11.1 Å². The average Bonchev–Trinajstić information content (AvgIpc) is 3.05. The van der Waals surface area contributed by atoms with Crippen molar-refractivity contribution in [1.82, 2.24) is 5.32 Å². The largest absolute Gasteiger partial charge is 0.321 e. The molecule has 2 N–H and O–H groups in total. The van der Waals surface area contributed by atoms with E-state index >= 15 is 0 Å². The molecule has 0 fully saturated rings. The van der Waals surface area contributed by atoms with Crippen LogP contribution < -0.4 is 10.6 Å². The van der Waals surface area contributed by atoms with Crippen LogP contribution in [0.1, 0.15) is 26.3 Å². The predicted molar refractivity (Wildman–Crippen MR) is 170 cm³/mol. The number of rotatable bonds is 10. The zero-order valence-corrected chi connectivity index (χ0v) is 23.8. The van der Waals surface area contributed by atoms with Crippen LogP contribution in [0, 0.1) is 5.82 Å². The highest BCUT2D eigenvalue weighted by Gasteiger charge is 2.15. The molecule has 212 valence electrons. The second-order valence-corrected chi connectivity index (χ2v) is 10.6. The van der Waals surface area contributed by atoms with E-state index in [0.29, 0.717) is 16.8 Å². The summed E-state index contributed by atoms with van der Waals surface area (Å²) >= 11 is 1.34. The van der Waals surface area contributed by atoms with E-state index < -0.39 is 11.8 Å². The Bertz CT molecular complexity index is 1740. The fourth-order valence-electron chi connectivity index (χ4n) is 4.21. The first-order valence-electron chi connectivity index (χ1n) is 13.5. The number of ketones is 1. The van der Waals surface area contributed by atoms with Crippen molar-refractivity contribution in [2.45, 2.75) is 4.90 Å². The van der Waals surface area contributed by atoms with Gasteiger partial charge in [-0.15, -0.1) is 11.8 Å². The molecule has 0 spiro atoms. The maximum Gasteiger partial charge on any atom is 0.272 e. The maximum absolute atomic E-state index is 13.4. The molecule has 0 aliphatic heterocycles. The van der Waals surface area contributed by atoms with Crippen molar-refractivity contribution in [3.05, 3.63) is 162 Å². The van der Waals surface area contributed by atoms with Gasteiger partial charge in [0.05, 0.1) is 5.75 Å². The van der Waals surface area contributed by atoms with Crippen LogP contribution in [0.2, 0.25) is 0 Å². The van der Waals surface area contributed by atoms with E-state index in [-0.39, 0.29) is 23.1 Å². The van der Waals surface area contributed by atoms with Crippen molar-refractivity contribution >= 4 is 41.1 Å². The third kappa shape index (κ3) is 8.15. The Hall–Kier alpha value is -5.27. The van der Waals surface area contributed by atoms with E-state index in [1.54, 1.807) is 54.6 Å². The molecular formula is C36H27FN2O3S. The summed E-state index contributed by atoms with van der Waals surface area (Å²) in [5.74, 6) is -1.19. The van der Waals surface area contributed by atoms with Crippen LogP contribution in [0.5, 0.6) is 0 Å². The Balaban J connectivity index is 1.29. The quantitative estimate of drug-likeness (QED) is 0.0992. The molecule has 0 aliphatic carbocycles. The molecule has 0 bridgehead atoms. The highest BCUT2D eigenvalue weighted by molar-refractivity contribution is 8.00. The van der Waals surface area contributed by atoms with Crippen LogP contribution in [0.3, 0.4) is 0 Å². The van der Waals surface area contributed by atoms with Gasteiger partial charge in [-0.05, 0) is 83.4 Å². The molecule has 43 heavy (non-hydrogen) atoms. The topological polar surface area (TPSA) is 75.3 Å². The number of thioether (sulfide) groups is 1. The summed E-state index contributed by atoms with van der Waals surface area (Å²) < 4.78 is 13.1. The first-order valence-corrected chi connectivity index (χ1v) is 14.5. The zero-order chi connectivity index (χ0) is 30.0. The molecule has 5 aromatic rings. The lowest BCUT2D eigenvalue weighted by Crippen LogP contribution is -2.30. The molecule has 2 amide bonds. The van der Waals surface area contributed by atoms with Gasteiger partial charge in [-0.1, -0.05) is 72.8 Å². The second kappa shape index (κ2) is 14.1. The third-order valence-electron chi connectivity index (χ3n) is 6.51. The first-order chi connectivity index (χ1) is 20.9. The van der Waals surface area contributed by atoms with Crippen LogP contribution in [-0.2, 0) is 4.79 Å². The number of hydrogen-bond acceptors (Lipinski definition) is 4. The number of nitrogens with one attached hydrogen (secondary N) is 2. The van der Waals surface area contributed by atoms with Gasteiger partial charge in [0.15, 0.2) is 5.78 Å². The number of anilines is 1. The van der Waals surface area contributed by atoms with Gasteiger partial charge in [-0.25, -0.2) is 4.39 Å². The van der Waals surface area contributed by atoms with Gasteiger partial charge in [0, 0.05) is 21.7 Å². The predicted octanol–water partition coefficient (Wildman–Crippen LogP) is 7.88. The number of benzene rings is 5. The normalized spacial score (nSPS) is 11.0. The van der Waals surface area contributed by atoms with Gasteiger partial charge in [-0.2, -0.15) is 0 Å². The van der Waals surface area contributed by atoms with Crippen molar-refractivity contribution in [3.63, 3.8) is 0 Å². The van der Waals surface area contributed by atoms with Gasteiger partial charge in [0.2, 0.25) is 0 Å². The van der Waals surface area contributed by atoms with Gasteiger partial charge >= 0.3 is 0 Å². The summed E-state index contributed by atoms with van der Waals surface area (Å²) in [6.45, 7) is 0. The summed E-state index contributed by atoms with van der Waals surface area (Å²) in [7, 11) is 0. The summed E-state index contributed by atoms with van der Waals surface area (Å²) in [6.07, 6.45) is 1.64. The Morgan fingerprint density at radius 2 is 1.26 bits per heavy atom. The molecule has 5 aromatic carbocycles. The summed E-state index contributed by atoms with van der Waals surface area (Å²) in [5, 5.41) is 5.60. The standard InChI is InChI=1S/C36H27FN2O3S/c37-30-17-15-28(16-18-30)34(40)24-43-32-21-19-31(20-22-32)38-36(42)33(39-35(41)29-9-5-2-6-10-29)23-25-11-13-27(14-12-25)26-7-3-1-4-8-26/h1-23H,24H2,(H,38,42)(H,39,41)/b33-23-. The molecule has 0 aliphatic rings. The van der Waals surface area contributed by atoms with E-state index in [0.717, 1.165) is 21.6 Å². The van der Waals surface area contributed by atoms with Crippen molar-refractivity contribution in [3.8, 4) is 11.1 Å². The van der Waals surface area contributed by atoms with E-state index in [1.807, 2.05) is 60.7 Å². The summed E-state index contributed by atoms with van der Waals surface area (Å²) in [6, 6.07) is 38.9. The lowest BCUT2D eigenvalue weighted by Gasteiger charge is -2.12. The lowest BCUT2D eigenvalue weighted by molar-refractivity contribution is -0.113. The van der Waals surface area contributed by atoms with Gasteiger partial charge in [0.25, 0.3) is 11.8 Å². The monoisotopic (exact) mass is 586 g/mol. The van der Waals surface area contributed by atoms with Crippen LogP contribution in [0.25, 0.3) is 17.2 Å². The number of carbonyl (C=O) groups excluding carboxylic acids is 3. The van der Waals surface area contributed by atoms with Crippen LogP contribution in [0.4, 0.5) is 10.1 Å². The van der Waals surface area contributed by atoms with Crippen molar-refractivity contribution in [1.29, 1.82) is 0 Å². The highest BCUT2D eigenvalue weighted by atomic mass is 32.2. The molecule has 0 aromatic heterocycles. The van der Waals surface area contributed by atoms with Crippen LogP contribution >= 0.6 is 11.8 Å². The zero-order valence-electron chi connectivity index (χ0n) is 23.0. The Labute approximate surface area is 253 Å². The van der Waals surface area contributed by atoms with Gasteiger partial charge < -0.3 is 10.6 Å². The summed E-state index contributed by atoms with van der Waals surface area (Å²) in [4.78, 5) is 39.6. The fourth-order valence-corrected chi connectivity index (χ4v) is 5.01. The fraction of sp³-hybridized carbons (Fsp3) is 0.0278. The molecule has 5 rings (SSSR count). The highest BCUT2D eigenvalue weighted by Crippen LogP contribution is 2.23. The molecule has 5 nitrogen and oxygen atoms in total. The number of halogens is 1. The SMILES string of the molecule is O=C(Nc1ccc(SCC(=O)c2ccc(F)cc2)cc1)/C(=C/c1ccc(-c2ccccc2)cc1)NC(=O)c1ccccc1. The molecule has 0 saturated heterocycles. The van der Waals surface area contributed by atoms with Gasteiger partial charge in [-0.3, -0.25) is 14.4 Å². The third-order valence-corrected chi connectivity index (χ3v) is 7.52. The number of Topliss-reactive ketones (excluding diaryl/α,β-unsaturated/α-hetero) is 1. The van der Waals surface area contributed by atoms with Crippen LogP contribution in [-0.4, -0.2) is 23.4 Å². The molecule has 0 radical (unpaired) electrons. The van der Waals surface area contributed by atoms with Crippen LogP contribution in [0.15, 0.2) is 144 Å². The Kier molecular flexibility index (Phi) is 9.56. The molecule has 0 atom stereocenters. The number of carbonyl (C=O) groups is 3. The Morgan fingerprint density at radius 3 is 1.91 bits per heavy atom. The lowest BCUT2D eigenvalue weighted by atomic mass is 10.0. The summed E-state index contributed by atoms with van der Waals surface area (Å²) in [5.41, 5.74) is 4.35. The number of amides is 2. The molecule has 0 saturated carbocycles. The minimum atomic E-state index is -0.483. The second-order valence-electron chi connectivity index (χ2n) is 9.56. The molecular weight excluding hydrogens is 559 g/mol. The average molecular weight is 587 g/mol. The smallest absolute Gasteiger partial charge is 0.272 e. The number of hydrogen-bond donors (Lipinski definition) is 2.